The number of benzene rings is 1. The van der Waals surface area contributed by atoms with Gasteiger partial charge in [-0.1, -0.05) is 11.6 Å². The molecule has 0 saturated heterocycles. The smallest absolute Gasteiger partial charge is 0.339 e. The van der Waals surface area contributed by atoms with E-state index < -0.39 is 5.97 Å². The predicted molar refractivity (Wildman–Crippen MR) is 62.6 cm³/mol. The minimum atomic E-state index is -1.11. The van der Waals surface area contributed by atoms with Crippen LogP contribution in [0, 0.1) is 0 Å². The standard InChI is InChI=1S/C11H12ClNO4/c1-7(14)13-4-5-17-10-3-2-8(12)6-9(10)11(15)16/h2-3,6H,4-5H2,1H3,(H,13,14)(H,15,16). The Morgan fingerprint density at radius 3 is 2.76 bits per heavy atom. The molecule has 0 aromatic heterocycles. The molecule has 0 fully saturated rings. The van der Waals surface area contributed by atoms with Crippen molar-refractivity contribution in [2.75, 3.05) is 13.2 Å². The first kappa shape index (κ1) is 13.3. The van der Waals surface area contributed by atoms with Crippen LogP contribution >= 0.6 is 11.6 Å². The van der Waals surface area contributed by atoms with Gasteiger partial charge in [0, 0.05) is 11.9 Å². The lowest BCUT2D eigenvalue weighted by molar-refractivity contribution is -0.119. The molecule has 0 aliphatic carbocycles. The van der Waals surface area contributed by atoms with Crippen molar-refractivity contribution in [3.05, 3.63) is 28.8 Å². The van der Waals surface area contributed by atoms with Gasteiger partial charge in [-0.3, -0.25) is 4.79 Å². The number of amides is 1. The quantitative estimate of drug-likeness (QED) is 0.785. The summed E-state index contributed by atoms with van der Waals surface area (Å²) >= 11 is 5.69. The molecule has 0 aliphatic rings. The fraction of sp³-hybridized carbons (Fsp3) is 0.273. The van der Waals surface area contributed by atoms with E-state index in [4.69, 9.17) is 21.4 Å². The maximum atomic E-state index is 10.9. The third-order valence-corrected chi connectivity index (χ3v) is 2.14. The molecule has 0 saturated carbocycles. The Hall–Kier alpha value is -1.75. The third-order valence-electron chi connectivity index (χ3n) is 1.91. The van der Waals surface area contributed by atoms with Crippen LogP contribution in [-0.2, 0) is 4.79 Å². The molecule has 92 valence electrons. The van der Waals surface area contributed by atoms with Crippen LogP contribution < -0.4 is 10.1 Å². The van der Waals surface area contributed by atoms with E-state index in [0.717, 1.165) is 0 Å². The second-order valence-electron chi connectivity index (χ2n) is 3.28. The molecule has 1 rings (SSSR count). The highest BCUT2D eigenvalue weighted by Crippen LogP contribution is 2.22. The van der Waals surface area contributed by atoms with Gasteiger partial charge in [0.05, 0.1) is 6.54 Å². The first-order valence-corrected chi connectivity index (χ1v) is 5.28. The molecule has 1 aromatic carbocycles. The van der Waals surface area contributed by atoms with Crippen LogP contribution in [0.25, 0.3) is 0 Å². The van der Waals surface area contributed by atoms with Crippen molar-refractivity contribution in [1.82, 2.24) is 5.32 Å². The normalized spacial score (nSPS) is 9.76. The van der Waals surface area contributed by atoms with Gasteiger partial charge in [-0.25, -0.2) is 4.79 Å². The number of carbonyl (C=O) groups is 2. The van der Waals surface area contributed by atoms with E-state index in [-0.39, 0.29) is 23.8 Å². The van der Waals surface area contributed by atoms with Crippen molar-refractivity contribution in [1.29, 1.82) is 0 Å². The van der Waals surface area contributed by atoms with E-state index in [1.165, 1.54) is 19.1 Å². The minimum absolute atomic E-state index is 0.000301. The highest BCUT2D eigenvalue weighted by molar-refractivity contribution is 6.31. The largest absolute Gasteiger partial charge is 0.491 e. The predicted octanol–water partition coefficient (Wildman–Crippen LogP) is 1.55. The van der Waals surface area contributed by atoms with Gasteiger partial charge in [-0.15, -0.1) is 0 Å². The monoisotopic (exact) mass is 257 g/mol. The van der Waals surface area contributed by atoms with Crippen molar-refractivity contribution < 1.29 is 19.4 Å². The summed E-state index contributed by atoms with van der Waals surface area (Å²) in [5, 5.41) is 11.8. The zero-order valence-electron chi connectivity index (χ0n) is 9.20. The number of nitrogens with one attached hydrogen (secondary N) is 1. The lowest BCUT2D eigenvalue weighted by Gasteiger charge is -2.09. The van der Waals surface area contributed by atoms with Gasteiger partial charge in [0.2, 0.25) is 5.91 Å². The van der Waals surface area contributed by atoms with E-state index in [1.807, 2.05) is 0 Å². The first-order valence-electron chi connectivity index (χ1n) is 4.91. The average molecular weight is 258 g/mol. The second kappa shape index (κ2) is 6.10. The molecule has 0 atom stereocenters. The summed E-state index contributed by atoms with van der Waals surface area (Å²) in [6, 6.07) is 4.35. The highest BCUT2D eigenvalue weighted by atomic mass is 35.5. The number of ether oxygens (including phenoxy) is 1. The summed E-state index contributed by atoms with van der Waals surface area (Å²) < 4.78 is 5.25. The Bertz CT molecular complexity index is 433. The zero-order chi connectivity index (χ0) is 12.8. The minimum Gasteiger partial charge on any atom is -0.491 e. The van der Waals surface area contributed by atoms with Crippen molar-refractivity contribution in [3.63, 3.8) is 0 Å². The Morgan fingerprint density at radius 2 is 2.18 bits per heavy atom. The molecule has 0 heterocycles. The number of aromatic carboxylic acids is 1. The molecule has 6 heteroatoms. The third kappa shape index (κ3) is 4.32. The highest BCUT2D eigenvalue weighted by Gasteiger charge is 2.11. The van der Waals surface area contributed by atoms with Crippen molar-refractivity contribution in [2.24, 2.45) is 0 Å². The molecule has 5 nitrogen and oxygen atoms in total. The molecule has 0 unspecified atom stereocenters. The lowest BCUT2D eigenvalue weighted by atomic mass is 10.2. The summed E-state index contributed by atoms with van der Waals surface area (Å²) in [5.74, 6) is -1.04. The van der Waals surface area contributed by atoms with E-state index in [1.54, 1.807) is 6.07 Å². The molecule has 1 amide bonds. The summed E-state index contributed by atoms with van der Waals surface area (Å²) in [5.41, 5.74) is 0.000301. The van der Waals surface area contributed by atoms with Gasteiger partial charge in [-0.2, -0.15) is 0 Å². The Balaban J connectivity index is 2.64. The van der Waals surface area contributed by atoms with Crippen LogP contribution in [0.5, 0.6) is 5.75 Å². The van der Waals surface area contributed by atoms with Crippen LogP contribution in [0.2, 0.25) is 5.02 Å². The van der Waals surface area contributed by atoms with Gasteiger partial charge >= 0.3 is 5.97 Å². The van der Waals surface area contributed by atoms with Crippen molar-refractivity contribution >= 4 is 23.5 Å². The fourth-order valence-corrected chi connectivity index (χ4v) is 1.36. The molecule has 0 bridgehead atoms. The van der Waals surface area contributed by atoms with Crippen LogP contribution in [0.15, 0.2) is 18.2 Å². The molecule has 0 spiro atoms. The maximum absolute atomic E-state index is 10.9. The van der Waals surface area contributed by atoms with Gasteiger partial charge in [0.15, 0.2) is 0 Å². The molecule has 2 N–H and O–H groups in total. The lowest BCUT2D eigenvalue weighted by Crippen LogP contribution is -2.25. The summed E-state index contributed by atoms with van der Waals surface area (Å²) in [4.78, 5) is 21.5. The topological polar surface area (TPSA) is 75.6 Å². The number of rotatable bonds is 5. The van der Waals surface area contributed by atoms with E-state index >= 15 is 0 Å². The summed E-state index contributed by atoms with van der Waals surface area (Å²) in [6.07, 6.45) is 0. The van der Waals surface area contributed by atoms with Gasteiger partial charge in [0.1, 0.15) is 17.9 Å². The van der Waals surface area contributed by atoms with Crippen molar-refractivity contribution in [2.45, 2.75) is 6.92 Å². The second-order valence-corrected chi connectivity index (χ2v) is 3.71. The number of hydrogen-bond donors (Lipinski definition) is 2. The molecule has 17 heavy (non-hydrogen) atoms. The molecule has 1 aromatic rings. The van der Waals surface area contributed by atoms with Gasteiger partial charge < -0.3 is 15.2 Å². The first-order chi connectivity index (χ1) is 8.00. The van der Waals surface area contributed by atoms with Crippen LogP contribution in [0.3, 0.4) is 0 Å². The molecule has 0 aliphatic heterocycles. The SMILES string of the molecule is CC(=O)NCCOc1ccc(Cl)cc1C(=O)O. The van der Waals surface area contributed by atoms with Crippen LogP contribution in [0.1, 0.15) is 17.3 Å². The van der Waals surface area contributed by atoms with E-state index in [9.17, 15) is 9.59 Å². The Labute approximate surface area is 103 Å². The number of carboxylic acids is 1. The van der Waals surface area contributed by atoms with Crippen LogP contribution in [-0.4, -0.2) is 30.1 Å². The number of halogens is 1. The maximum Gasteiger partial charge on any atom is 0.339 e. The molecular weight excluding hydrogens is 246 g/mol. The van der Waals surface area contributed by atoms with E-state index in [0.29, 0.717) is 11.6 Å². The summed E-state index contributed by atoms with van der Waals surface area (Å²) in [7, 11) is 0. The Kier molecular flexibility index (Phi) is 4.78. The zero-order valence-corrected chi connectivity index (χ0v) is 9.95. The molecular formula is C11H12ClNO4. The van der Waals surface area contributed by atoms with Gasteiger partial charge in [-0.05, 0) is 18.2 Å². The Morgan fingerprint density at radius 1 is 1.47 bits per heavy atom. The van der Waals surface area contributed by atoms with Gasteiger partial charge in [0.25, 0.3) is 0 Å². The molecule has 0 radical (unpaired) electrons. The average Bonchev–Trinajstić information content (AvgIpc) is 2.25. The number of hydrogen-bond acceptors (Lipinski definition) is 3. The number of carbonyl (C=O) groups excluding carboxylic acids is 1. The number of carboxylic acid groups (broad SMARTS) is 1. The van der Waals surface area contributed by atoms with Crippen molar-refractivity contribution in [3.8, 4) is 5.75 Å². The van der Waals surface area contributed by atoms with Crippen LogP contribution in [0.4, 0.5) is 0 Å². The fourth-order valence-electron chi connectivity index (χ4n) is 1.18. The summed E-state index contributed by atoms with van der Waals surface area (Å²) in [6.45, 7) is 1.91. The van der Waals surface area contributed by atoms with E-state index in [2.05, 4.69) is 5.32 Å².